The highest BCUT2D eigenvalue weighted by atomic mass is 16.5. The van der Waals surface area contributed by atoms with Gasteiger partial charge in [-0.3, -0.25) is 4.79 Å². The van der Waals surface area contributed by atoms with Crippen molar-refractivity contribution in [2.75, 3.05) is 7.11 Å². The van der Waals surface area contributed by atoms with E-state index in [2.05, 4.69) is 10.6 Å². The van der Waals surface area contributed by atoms with Crippen LogP contribution in [0.4, 0.5) is 4.79 Å². The zero-order valence-corrected chi connectivity index (χ0v) is 18.5. The molecule has 3 N–H and O–H groups in total. The molecule has 0 radical (unpaired) electrons. The Labute approximate surface area is 187 Å². The summed E-state index contributed by atoms with van der Waals surface area (Å²) in [5, 5.41) is 14.7. The summed E-state index contributed by atoms with van der Waals surface area (Å²) in [4.78, 5) is 37.5. The third-order valence-corrected chi connectivity index (χ3v) is 4.71. The predicted octanol–water partition coefficient (Wildman–Crippen LogP) is 2.93. The number of nitrogens with one attached hydrogen (secondary N) is 2. The maximum absolute atomic E-state index is 13.0. The third kappa shape index (κ3) is 8.29. The van der Waals surface area contributed by atoms with Gasteiger partial charge in [-0.05, 0) is 35.6 Å². The van der Waals surface area contributed by atoms with Crippen molar-refractivity contribution in [2.24, 2.45) is 5.92 Å². The van der Waals surface area contributed by atoms with E-state index in [-0.39, 0.29) is 24.7 Å². The molecule has 0 heterocycles. The minimum Gasteiger partial charge on any atom is -0.508 e. The van der Waals surface area contributed by atoms with E-state index in [0.29, 0.717) is 12.0 Å². The van der Waals surface area contributed by atoms with Gasteiger partial charge >= 0.3 is 12.1 Å². The molecule has 0 spiro atoms. The molecular weight excluding hydrogens is 412 g/mol. The van der Waals surface area contributed by atoms with Crippen LogP contribution in [0, 0.1) is 5.92 Å². The molecule has 2 amide bonds. The number of amides is 2. The van der Waals surface area contributed by atoms with Crippen LogP contribution in [-0.4, -0.2) is 42.3 Å². The molecule has 0 aliphatic carbocycles. The summed E-state index contributed by atoms with van der Waals surface area (Å²) in [6, 6.07) is 13.6. The summed E-state index contributed by atoms with van der Waals surface area (Å²) < 4.78 is 10.0. The first-order valence-electron chi connectivity index (χ1n) is 10.4. The van der Waals surface area contributed by atoms with Gasteiger partial charge in [0, 0.05) is 6.42 Å². The summed E-state index contributed by atoms with van der Waals surface area (Å²) in [6.07, 6.45) is -0.225. The van der Waals surface area contributed by atoms with Crippen LogP contribution in [0.5, 0.6) is 5.75 Å². The Morgan fingerprint density at radius 1 is 0.906 bits per heavy atom. The number of esters is 1. The number of phenolic OH excluding ortho intramolecular Hbond substituents is 1. The van der Waals surface area contributed by atoms with Crippen LogP contribution in [0.15, 0.2) is 54.6 Å². The Bertz CT molecular complexity index is 883. The van der Waals surface area contributed by atoms with Gasteiger partial charge in [0.1, 0.15) is 24.4 Å². The average molecular weight is 443 g/mol. The van der Waals surface area contributed by atoms with E-state index >= 15 is 0 Å². The molecule has 0 unspecified atom stereocenters. The second-order valence-electron chi connectivity index (χ2n) is 7.84. The number of hydrogen-bond donors (Lipinski definition) is 3. The fraction of sp³-hybridized carbons (Fsp3) is 0.375. The number of benzene rings is 2. The smallest absolute Gasteiger partial charge is 0.408 e. The number of alkyl carbamates (subject to hydrolysis) is 1. The number of rotatable bonds is 10. The maximum atomic E-state index is 13.0. The zero-order valence-electron chi connectivity index (χ0n) is 18.5. The van der Waals surface area contributed by atoms with Gasteiger partial charge in [0.05, 0.1) is 7.11 Å². The largest absolute Gasteiger partial charge is 0.508 e. The second kappa shape index (κ2) is 12.3. The summed E-state index contributed by atoms with van der Waals surface area (Å²) in [6.45, 7) is 3.91. The van der Waals surface area contributed by atoms with Crippen molar-refractivity contribution >= 4 is 18.0 Å². The number of aromatic hydroxyl groups is 1. The van der Waals surface area contributed by atoms with Gasteiger partial charge in [-0.25, -0.2) is 9.59 Å². The summed E-state index contributed by atoms with van der Waals surface area (Å²) in [7, 11) is 1.26. The van der Waals surface area contributed by atoms with Crippen molar-refractivity contribution in [3.63, 3.8) is 0 Å². The fourth-order valence-electron chi connectivity index (χ4n) is 3.08. The summed E-state index contributed by atoms with van der Waals surface area (Å²) in [5.74, 6) is -0.862. The van der Waals surface area contributed by atoms with E-state index in [9.17, 15) is 19.5 Å². The lowest BCUT2D eigenvalue weighted by molar-refractivity contribution is -0.145. The van der Waals surface area contributed by atoms with E-state index in [1.54, 1.807) is 12.1 Å². The molecule has 0 fully saturated rings. The molecule has 0 aliphatic rings. The highest BCUT2D eigenvalue weighted by molar-refractivity contribution is 5.89. The molecule has 172 valence electrons. The van der Waals surface area contributed by atoms with Crippen LogP contribution in [0.1, 0.15) is 31.4 Å². The molecule has 0 bridgehead atoms. The van der Waals surface area contributed by atoms with E-state index in [1.807, 2.05) is 44.2 Å². The minimum absolute atomic E-state index is 0.0539. The molecule has 2 aromatic carbocycles. The average Bonchev–Trinajstić information content (AvgIpc) is 2.78. The molecule has 32 heavy (non-hydrogen) atoms. The maximum Gasteiger partial charge on any atom is 0.408 e. The van der Waals surface area contributed by atoms with Crippen LogP contribution in [-0.2, 0) is 32.1 Å². The topological polar surface area (TPSA) is 114 Å². The van der Waals surface area contributed by atoms with Gasteiger partial charge in [0.25, 0.3) is 0 Å². The standard InChI is InChI=1S/C24H30N2O6/c1-16(2)13-21(23(29)31-3)25-22(28)20(14-17-9-11-19(27)12-10-17)26-24(30)32-15-18-7-5-4-6-8-18/h4-12,16,20-21,27H,13-15H2,1-3H3,(H,25,28)(H,26,30)/t20-,21+/m0/s1. The number of methoxy groups -OCH3 is 1. The van der Waals surface area contributed by atoms with Crippen molar-refractivity contribution in [3.05, 3.63) is 65.7 Å². The molecule has 0 aliphatic heterocycles. The Hall–Kier alpha value is -3.55. The fourth-order valence-corrected chi connectivity index (χ4v) is 3.08. The Balaban J connectivity index is 2.10. The molecule has 0 saturated heterocycles. The number of carbonyl (C=O) groups is 3. The highest BCUT2D eigenvalue weighted by Crippen LogP contribution is 2.13. The monoisotopic (exact) mass is 442 g/mol. The molecule has 2 rings (SSSR count). The van der Waals surface area contributed by atoms with Gasteiger partial charge in [0.2, 0.25) is 5.91 Å². The predicted molar refractivity (Wildman–Crippen MR) is 119 cm³/mol. The molecule has 8 nitrogen and oxygen atoms in total. The van der Waals surface area contributed by atoms with Crippen LogP contribution in [0.3, 0.4) is 0 Å². The van der Waals surface area contributed by atoms with Crippen molar-refractivity contribution in [3.8, 4) is 5.75 Å². The number of phenols is 1. The zero-order chi connectivity index (χ0) is 23.5. The van der Waals surface area contributed by atoms with Gasteiger partial charge in [-0.2, -0.15) is 0 Å². The summed E-state index contributed by atoms with van der Waals surface area (Å²) >= 11 is 0. The molecular formula is C24H30N2O6. The molecule has 8 heteroatoms. The van der Waals surface area contributed by atoms with Crippen LogP contribution in [0.25, 0.3) is 0 Å². The lowest BCUT2D eigenvalue weighted by atomic mass is 10.0. The third-order valence-electron chi connectivity index (χ3n) is 4.71. The molecule has 2 aromatic rings. The SMILES string of the molecule is COC(=O)[C@@H](CC(C)C)NC(=O)[C@H](Cc1ccc(O)cc1)NC(=O)OCc1ccccc1. The second-order valence-corrected chi connectivity index (χ2v) is 7.84. The van der Waals surface area contributed by atoms with Gasteiger partial charge in [0.15, 0.2) is 0 Å². The van der Waals surface area contributed by atoms with Crippen molar-refractivity contribution in [2.45, 2.75) is 45.4 Å². The van der Waals surface area contributed by atoms with Gasteiger partial charge < -0.3 is 25.2 Å². The van der Waals surface area contributed by atoms with Crippen molar-refractivity contribution in [1.82, 2.24) is 10.6 Å². The minimum atomic E-state index is -0.998. The van der Waals surface area contributed by atoms with Gasteiger partial charge in [-0.1, -0.05) is 56.3 Å². The molecule has 0 aromatic heterocycles. The quantitative estimate of drug-likeness (QED) is 0.488. The number of hydrogen-bond acceptors (Lipinski definition) is 6. The Morgan fingerprint density at radius 2 is 1.56 bits per heavy atom. The van der Waals surface area contributed by atoms with E-state index in [4.69, 9.17) is 9.47 Å². The van der Waals surface area contributed by atoms with Crippen molar-refractivity contribution in [1.29, 1.82) is 0 Å². The summed E-state index contributed by atoms with van der Waals surface area (Å²) in [5.41, 5.74) is 1.52. The van der Waals surface area contributed by atoms with E-state index in [1.165, 1.54) is 19.2 Å². The Morgan fingerprint density at radius 3 is 2.16 bits per heavy atom. The van der Waals surface area contributed by atoms with Gasteiger partial charge in [-0.15, -0.1) is 0 Å². The van der Waals surface area contributed by atoms with Crippen LogP contribution in [0.2, 0.25) is 0 Å². The highest BCUT2D eigenvalue weighted by Gasteiger charge is 2.28. The Kier molecular flexibility index (Phi) is 9.53. The van der Waals surface area contributed by atoms with Crippen molar-refractivity contribution < 1.29 is 29.0 Å². The van der Waals surface area contributed by atoms with Crippen LogP contribution < -0.4 is 10.6 Å². The first kappa shape index (κ1) is 24.7. The van der Waals surface area contributed by atoms with E-state index < -0.39 is 30.1 Å². The number of carbonyl (C=O) groups excluding carboxylic acids is 3. The first-order valence-corrected chi connectivity index (χ1v) is 10.4. The first-order chi connectivity index (χ1) is 15.3. The van der Waals surface area contributed by atoms with Crippen LogP contribution >= 0.6 is 0 Å². The lowest BCUT2D eigenvalue weighted by Crippen LogP contribution is -2.53. The normalized spacial score (nSPS) is 12.5. The lowest BCUT2D eigenvalue weighted by Gasteiger charge is -2.23. The number of ether oxygens (including phenoxy) is 2. The molecule has 0 saturated carbocycles. The molecule has 2 atom stereocenters. The van der Waals surface area contributed by atoms with E-state index in [0.717, 1.165) is 5.56 Å².